The molecule has 0 bridgehead atoms. The van der Waals surface area contributed by atoms with Crippen LogP contribution in [0, 0.1) is 0 Å². The minimum atomic E-state index is -4.14. The summed E-state index contributed by atoms with van der Waals surface area (Å²) in [4.78, 5) is 30.9. The number of nitrogens with one attached hydrogen (secondary N) is 1. The second-order valence-electron chi connectivity index (χ2n) is 8.89. The van der Waals surface area contributed by atoms with Gasteiger partial charge in [0, 0.05) is 23.6 Å². The number of carbonyl (C=O) groups excluding carboxylic acids is 2. The molecule has 4 aromatic rings. The van der Waals surface area contributed by atoms with Crippen molar-refractivity contribution in [2.24, 2.45) is 0 Å². The van der Waals surface area contributed by atoms with Crippen molar-refractivity contribution in [2.75, 3.05) is 25.7 Å². The molecule has 0 saturated carbocycles. The van der Waals surface area contributed by atoms with Gasteiger partial charge in [-0.25, -0.2) is 13.3 Å². The number of hydrogen-bond donors (Lipinski definition) is 1. The number of carbonyl (C=O) groups is 2. The maximum absolute atomic E-state index is 13.9. The number of aromatic nitrogens is 1. The van der Waals surface area contributed by atoms with Crippen molar-refractivity contribution in [3.8, 4) is 11.5 Å². The van der Waals surface area contributed by atoms with Crippen LogP contribution < -0.4 is 14.4 Å². The van der Waals surface area contributed by atoms with Gasteiger partial charge in [-0.3, -0.25) is 9.59 Å². The van der Waals surface area contributed by atoms with E-state index < -0.39 is 27.9 Å². The molecule has 10 heteroatoms. The third-order valence-corrected chi connectivity index (χ3v) is 8.67. The Balaban J connectivity index is 1.49. The Kier molecular flexibility index (Phi) is 6.92. The summed E-state index contributed by atoms with van der Waals surface area (Å²) in [6, 6.07) is 19.0. The van der Waals surface area contributed by atoms with Crippen LogP contribution >= 0.6 is 0 Å². The molecule has 1 atom stereocenters. The highest BCUT2D eigenvalue weighted by molar-refractivity contribution is 7.89. The first-order valence-electron chi connectivity index (χ1n) is 12.0. The predicted octanol–water partition coefficient (Wildman–Crippen LogP) is 3.75. The molecule has 5 rings (SSSR count). The Bertz CT molecular complexity index is 1580. The highest BCUT2D eigenvalue weighted by Gasteiger charge is 2.46. The fraction of sp³-hybridized carbons (Fsp3) is 0.214. The number of nitrogens with zero attached hydrogens (tertiary/aromatic N) is 2. The number of para-hydroxylation sites is 1. The van der Waals surface area contributed by atoms with Crippen molar-refractivity contribution >= 4 is 38.4 Å². The zero-order valence-electron chi connectivity index (χ0n) is 21.0. The highest BCUT2D eigenvalue weighted by Crippen LogP contribution is 2.31. The van der Waals surface area contributed by atoms with E-state index in [0.717, 1.165) is 25.7 Å². The normalized spacial score (nSPS) is 16.0. The van der Waals surface area contributed by atoms with Crippen molar-refractivity contribution < 1.29 is 27.5 Å². The average molecular weight is 534 g/mol. The molecule has 9 nitrogen and oxygen atoms in total. The van der Waals surface area contributed by atoms with Gasteiger partial charge in [0.05, 0.1) is 31.2 Å². The van der Waals surface area contributed by atoms with Crippen LogP contribution in [0.4, 0.5) is 5.69 Å². The lowest BCUT2D eigenvalue weighted by atomic mass is 10.1. The third kappa shape index (κ3) is 4.64. The van der Waals surface area contributed by atoms with E-state index in [1.165, 1.54) is 26.4 Å². The summed E-state index contributed by atoms with van der Waals surface area (Å²) < 4.78 is 39.3. The molecule has 1 aliphatic rings. The van der Waals surface area contributed by atoms with Crippen LogP contribution in [0.1, 0.15) is 12.0 Å². The number of rotatable bonds is 9. The number of fused-ring (bicyclic) bond motifs is 1. The molecule has 1 aliphatic heterocycles. The molecule has 3 aromatic carbocycles. The summed E-state index contributed by atoms with van der Waals surface area (Å²) in [6.45, 7) is 0.0103. The number of imide groups is 1. The quantitative estimate of drug-likeness (QED) is 0.328. The fourth-order valence-electron chi connectivity index (χ4n) is 4.74. The predicted molar refractivity (Wildman–Crippen MR) is 143 cm³/mol. The van der Waals surface area contributed by atoms with E-state index in [2.05, 4.69) is 4.98 Å². The molecule has 1 unspecified atom stereocenters. The first-order valence-corrected chi connectivity index (χ1v) is 13.5. The minimum Gasteiger partial charge on any atom is -0.497 e. The molecule has 196 valence electrons. The van der Waals surface area contributed by atoms with Crippen molar-refractivity contribution in [1.29, 1.82) is 0 Å². The number of sulfonamides is 1. The van der Waals surface area contributed by atoms with Gasteiger partial charge in [0.25, 0.3) is 5.91 Å². The maximum atomic E-state index is 13.9. The van der Waals surface area contributed by atoms with Gasteiger partial charge in [-0.05, 0) is 66.6 Å². The fourth-order valence-corrected chi connectivity index (χ4v) is 6.32. The molecule has 1 fully saturated rings. The molecule has 1 aromatic heterocycles. The lowest BCUT2D eigenvalue weighted by Crippen LogP contribution is -2.46. The minimum absolute atomic E-state index is 0.0103. The number of amides is 2. The van der Waals surface area contributed by atoms with Crippen molar-refractivity contribution in [3.05, 3.63) is 84.6 Å². The molecule has 38 heavy (non-hydrogen) atoms. The molecule has 0 aliphatic carbocycles. The van der Waals surface area contributed by atoms with E-state index >= 15 is 0 Å². The van der Waals surface area contributed by atoms with E-state index in [4.69, 9.17) is 9.47 Å². The third-order valence-electron chi connectivity index (χ3n) is 6.74. The molecular formula is C28H27N3O6S. The monoisotopic (exact) mass is 533 g/mol. The molecule has 0 spiro atoms. The van der Waals surface area contributed by atoms with E-state index in [1.54, 1.807) is 36.4 Å². The Hall–Kier alpha value is -4.15. The van der Waals surface area contributed by atoms with Crippen molar-refractivity contribution in [1.82, 2.24) is 9.29 Å². The van der Waals surface area contributed by atoms with Crippen LogP contribution in [0.5, 0.6) is 11.5 Å². The molecule has 2 amide bonds. The largest absolute Gasteiger partial charge is 0.497 e. The Morgan fingerprint density at radius 2 is 1.55 bits per heavy atom. The van der Waals surface area contributed by atoms with Crippen LogP contribution in [-0.4, -0.2) is 56.3 Å². The summed E-state index contributed by atoms with van der Waals surface area (Å²) in [5.41, 5.74) is 2.21. The molecule has 0 radical (unpaired) electrons. The summed E-state index contributed by atoms with van der Waals surface area (Å²) in [6.07, 6.45) is 1.93. The highest BCUT2D eigenvalue weighted by atomic mass is 32.2. The van der Waals surface area contributed by atoms with E-state index in [0.29, 0.717) is 23.6 Å². The summed E-state index contributed by atoms with van der Waals surface area (Å²) in [5.74, 6) is 0.0299. The average Bonchev–Trinajstić information content (AvgIpc) is 3.48. The number of hydrogen-bond acceptors (Lipinski definition) is 6. The van der Waals surface area contributed by atoms with Crippen LogP contribution in [0.15, 0.2) is 83.9 Å². The zero-order chi connectivity index (χ0) is 26.9. The van der Waals surface area contributed by atoms with Crippen LogP contribution in [-0.2, 0) is 26.0 Å². The van der Waals surface area contributed by atoms with Gasteiger partial charge in [-0.1, -0.05) is 18.2 Å². The molecule has 1 N–H and O–H groups in total. The SMILES string of the molecule is COc1ccc(N2C(=O)CC(N(CCc3c[nH]c4ccccc34)S(=O)(=O)c3ccc(OC)cc3)C2=O)cc1. The number of anilines is 1. The van der Waals surface area contributed by atoms with E-state index in [9.17, 15) is 18.0 Å². The second kappa shape index (κ2) is 10.3. The Morgan fingerprint density at radius 1 is 0.921 bits per heavy atom. The van der Waals surface area contributed by atoms with Gasteiger partial charge >= 0.3 is 0 Å². The standard InChI is InChI=1S/C28H27N3O6S/c1-36-21-9-7-20(8-10-21)31-27(32)17-26(28(31)33)30(38(34,35)23-13-11-22(37-2)12-14-23)16-15-19-18-29-25-6-4-3-5-24(19)25/h3-14,18,26,29H,15-17H2,1-2H3. The maximum Gasteiger partial charge on any atom is 0.252 e. The molecular weight excluding hydrogens is 506 g/mol. The summed E-state index contributed by atoms with van der Waals surface area (Å²) >= 11 is 0. The number of aromatic amines is 1. The Morgan fingerprint density at radius 3 is 2.21 bits per heavy atom. The second-order valence-corrected chi connectivity index (χ2v) is 10.8. The van der Waals surface area contributed by atoms with E-state index in [-0.39, 0.29) is 17.9 Å². The van der Waals surface area contributed by atoms with Crippen molar-refractivity contribution in [2.45, 2.75) is 23.8 Å². The van der Waals surface area contributed by atoms with Gasteiger partial charge in [0.2, 0.25) is 15.9 Å². The van der Waals surface area contributed by atoms with Gasteiger partial charge < -0.3 is 14.5 Å². The first-order chi connectivity index (χ1) is 18.3. The van der Waals surface area contributed by atoms with Crippen LogP contribution in [0.3, 0.4) is 0 Å². The summed E-state index contributed by atoms with van der Waals surface area (Å²) in [7, 11) is -1.13. The lowest BCUT2D eigenvalue weighted by Gasteiger charge is -2.27. The van der Waals surface area contributed by atoms with Gasteiger partial charge in [0.1, 0.15) is 17.5 Å². The van der Waals surface area contributed by atoms with Crippen molar-refractivity contribution in [3.63, 3.8) is 0 Å². The zero-order valence-corrected chi connectivity index (χ0v) is 21.8. The topological polar surface area (TPSA) is 109 Å². The smallest absolute Gasteiger partial charge is 0.252 e. The molecule has 1 saturated heterocycles. The van der Waals surface area contributed by atoms with Gasteiger partial charge in [0.15, 0.2) is 0 Å². The number of benzene rings is 3. The lowest BCUT2D eigenvalue weighted by molar-refractivity contribution is -0.122. The Labute approximate surface area is 220 Å². The van der Waals surface area contributed by atoms with E-state index in [1.807, 2.05) is 30.5 Å². The first kappa shape index (κ1) is 25.5. The number of H-pyrrole nitrogens is 1. The number of ether oxygens (including phenoxy) is 2. The number of methoxy groups -OCH3 is 2. The summed E-state index contributed by atoms with van der Waals surface area (Å²) in [5, 5.41) is 0.975. The van der Waals surface area contributed by atoms with Gasteiger partial charge in [-0.15, -0.1) is 0 Å². The molecule has 2 heterocycles. The van der Waals surface area contributed by atoms with Gasteiger partial charge in [-0.2, -0.15) is 4.31 Å². The van der Waals surface area contributed by atoms with Crippen LogP contribution in [0.25, 0.3) is 10.9 Å². The van der Waals surface area contributed by atoms with Crippen LogP contribution in [0.2, 0.25) is 0 Å².